The number of hydrogen-bond donors (Lipinski definition) is 0. The van der Waals surface area contributed by atoms with Gasteiger partial charge in [0.15, 0.2) is 11.5 Å². The van der Waals surface area contributed by atoms with E-state index in [4.69, 9.17) is 9.47 Å². The summed E-state index contributed by atoms with van der Waals surface area (Å²) in [4.78, 5) is 32.5. The van der Waals surface area contributed by atoms with Gasteiger partial charge >= 0.3 is 6.03 Å². The zero-order chi connectivity index (χ0) is 17.4. The summed E-state index contributed by atoms with van der Waals surface area (Å²) < 4.78 is 10.7. The zero-order valence-corrected chi connectivity index (χ0v) is 14.3. The quantitative estimate of drug-likeness (QED) is 0.794. The first kappa shape index (κ1) is 16.0. The Hall–Kier alpha value is -2.48. The highest BCUT2D eigenvalue weighted by atomic mass is 16.7. The van der Waals surface area contributed by atoms with Crippen LogP contribution >= 0.6 is 0 Å². The molecule has 25 heavy (non-hydrogen) atoms. The Balaban J connectivity index is 1.39. The predicted molar refractivity (Wildman–Crippen MR) is 91.0 cm³/mol. The fourth-order valence-corrected chi connectivity index (χ4v) is 3.34. The highest BCUT2D eigenvalue weighted by molar-refractivity contribution is 5.96. The van der Waals surface area contributed by atoms with Crippen molar-refractivity contribution in [2.45, 2.75) is 0 Å². The minimum atomic E-state index is -0.138. The molecule has 3 heterocycles. The summed E-state index contributed by atoms with van der Waals surface area (Å²) in [5.41, 5.74) is 0.767. The number of ether oxygens (including phenoxy) is 2. The van der Waals surface area contributed by atoms with Crippen molar-refractivity contribution >= 4 is 17.6 Å². The second-order valence-corrected chi connectivity index (χ2v) is 6.58. The first-order valence-electron chi connectivity index (χ1n) is 8.54. The van der Waals surface area contributed by atoms with Crippen LogP contribution < -0.4 is 14.4 Å². The molecule has 0 atom stereocenters. The average Bonchev–Trinajstić information content (AvgIpc) is 3.22. The van der Waals surface area contributed by atoms with Crippen molar-refractivity contribution in [3.05, 3.63) is 18.2 Å². The van der Waals surface area contributed by atoms with Crippen molar-refractivity contribution in [2.75, 3.05) is 64.6 Å². The minimum Gasteiger partial charge on any atom is -0.454 e. The summed E-state index contributed by atoms with van der Waals surface area (Å²) in [6.07, 6.45) is 0. The number of hydrogen-bond acceptors (Lipinski definition) is 5. The molecule has 0 aromatic heterocycles. The number of likely N-dealkylation sites (N-methyl/N-ethyl adjacent to an activating group) is 1. The lowest BCUT2D eigenvalue weighted by atomic mass is 10.2. The topological polar surface area (TPSA) is 65.6 Å². The van der Waals surface area contributed by atoms with Crippen molar-refractivity contribution in [2.24, 2.45) is 0 Å². The van der Waals surface area contributed by atoms with Crippen LogP contribution in [-0.2, 0) is 4.79 Å². The van der Waals surface area contributed by atoms with Gasteiger partial charge in [0, 0.05) is 51.0 Å². The Kier molecular flexibility index (Phi) is 4.12. The molecule has 3 amide bonds. The van der Waals surface area contributed by atoms with Crippen LogP contribution in [-0.4, -0.2) is 86.3 Å². The van der Waals surface area contributed by atoms with Crippen molar-refractivity contribution in [1.82, 2.24) is 14.7 Å². The van der Waals surface area contributed by atoms with E-state index in [-0.39, 0.29) is 25.3 Å². The molecule has 0 unspecified atom stereocenters. The first-order valence-corrected chi connectivity index (χ1v) is 8.54. The van der Waals surface area contributed by atoms with Gasteiger partial charge in [-0.25, -0.2) is 4.79 Å². The third-order valence-corrected chi connectivity index (χ3v) is 4.94. The molecule has 2 fully saturated rings. The molecular formula is C17H22N4O4. The Morgan fingerprint density at radius 1 is 1.04 bits per heavy atom. The molecular weight excluding hydrogens is 324 g/mol. The van der Waals surface area contributed by atoms with Crippen LogP contribution in [0.4, 0.5) is 10.5 Å². The number of benzene rings is 1. The number of nitrogens with zero attached hydrogens (tertiary/aromatic N) is 4. The predicted octanol–water partition coefficient (Wildman–Crippen LogP) is 0.431. The normalized spacial score (nSPS) is 20.5. The molecule has 0 N–H and O–H groups in total. The Morgan fingerprint density at radius 3 is 2.60 bits per heavy atom. The molecule has 3 aliphatic rings. The second kappa shape index (κ2) is 6.44. The average molecular weight is 346 g/mol. The van der Waals surface area contributed by atoms with Gasteiger partial charge in [-0.05, 0) is 19.2 Å². The molecule has 0 aliphatic carbocycles. The van der Waals surface area contributed by atoms with Gasteiger partial charge in [-0.2, -0.15) is 0 Å². The number of amides is 3. The zero-order valence-electron chi connectivity index (χ0n) is 14.3. The van der Waals surface area contributed by atoms with Gasteiger partial charge in [0.1, 0.15) is 6.54 Å². The number of anilines is 1. The maximum absolute atomic E-state index is 12.7. The number of rotatable bonds is 3. The van der Waals surface area contributed by atoms with E-state index in [9.17, 15) is 9.59 Å². The molecule has 8 heteroatoms. The molecule has 0 spiro atoms. The van der Waals surface area contributed by atoms with E-state index in [0.29, 0.717) is 24.6 Å². The van der Waals surface area contributed by atoms with Crippen LogP contribution in [0.3, 0.4) is 0 Å². The smallest absolute Gasteiger partial charge is 0.325 e. The van der Waals surface area contributed by atoms with Gasteiger partial charge in [0.05, 0.1) is 0 Å². The standard InChI is InChI=1S/C17H22N4O4/c1-18-4-6-19(7-5-18)16(22)11-20-8-9-21(17(20)23)13-2-3-14-15(10-13)25-12-24-14/h2-3,10H,4-9,11-12H2,1H3. The number of carbonyl (C=O) groups excluding carboxylic acids is 2. The summed E-state index contributed by atoms with van der Waals surface area (Å²) in [5, 5.41) is 0. The van der Waals surface area contributed by atoms with E-state index in [1.54, 1.807) is 9.80 Å². The fourth-order valence-electron chi connectivity index (χ4n) is 3.34. The van der Waals surface area contributed by atoms with Gasteiger partial charge in [0.25, 0.3) is 0 Å². The molecule has 1 aromatic rings. The summed E-state index contributed by atoms with van der Waals surface area (Å²) in [5.74, 6) is 1.36. The largest absolute Gasteiger partial charge is 0.454 e. The van der Waals surface area contributed by atoms with Gasteiger partial charge in [-0.1, -0.05) is 0 Å². The molecule has 3 aliphatic heterocycles. The SMILES string of the molecule is CN1CCN(C(=O)CN2CCN(c3ccc4c(c3)OCO4)C2=O)CC1. The minimum absolute atomic E-state index is 0.0222. The third-order valence-electron chi connectivity index (χ3n) is 4.94. The Bertz CT molecular complexity index is 687. The number of fused-ring (bicyclic) bond motifs is 1. The van der Waals surface area contributed by atoms with Crippen LogP contribution in [0.1, 0.15) is 0 Å². The number of piperazine rings is 1. The Morgan fingerprint density at radius 2 is 1.80 bits per heavy atom. The lowest BCUT2D eigenvalue weighted by molar-refractivity contribution is -0.133. The van der Waals surface area contributed by atoms with Gasteiger partial charge in [0.2, 0.25) is 12.7 Å². The van der Waals surface area contributed by atoms with E-state index in [1.165, 1.54) is 0 Å². The van der Waals surface area contributed by atoms with Gasteiger partial charge in [-0.15, -0.1) is 0 Å². The van der Waals surface area contributed by atoms with Crippen LogP contribution in [0, 0.1) is 0 Å². The molecule has 2 saturated heterocycles. The fraction of sp³-hybridized carbons (Fsp3) is 0.529. The highest BCUT2D eigenvalue weighted by Gasteiger charge is 2.33. The van der Waals surface area contributed by atoms with Gasteiger partial charge in [-0.3, -0.25) is 9.69 Å². The van der Waals surface area contributed by atoms with E-state index in [2.05, 4.69) is 11.9 Å². The molecule has 8 nitrogen and oxygen atoms in total. The summed E-state index contributed by atoms with van der Waals surface area (Å²) in [7, 11) is 2.05. The summed E-state index contributed by atoms with van der Waals surface area (Å²) in [6.45, 7) is 4.67. The summed E-state index contributed by atoms with van der Waals surface area (Å²) in [6, 6.07) is 5.33. The molecule has 134 valence electrons. The summed E-state index contributed by atoms with van der Waals surface area (Å²) >= 11 is 0. The van der Waals surface area contributed by atoms with Crippen molar-refractivity contribution in [3.63, 3.8) is 0 Å². The van der Waals surface area contributed by atoms with E-state index in [1.807, 2.05) is 23.1 Å². The van der Waals surface area contributed by atoms with Crippen molar-refractivity contribution < 1.29 is 19.1 Å². The molecule has 0 saturated carbocycles. The van der Waals surface area contributed by atoms with Crippen LogP contribution in [0.15, 0.2) is 18.2 Å². The molecule has 0 bridgehead atoms. The van der Waals surface area contributed by atoms with Crippen LogP contribution in [0.25, 0.3) is 0 Å². The second-order valence-electron chi connectivity index (χ2n) is 6.58. The van der Waals surface area contributed by atoms with E-state index >= 15 is 0 Å². The maximum atomic E-state index is 12.7. The first-order chi connectivity index (χ1) is 12.1. The Labute approximate surface area is 146 Å². The van der Waals surface area contributed by atoms with Crippen LogP contribution in [0.5, 0.6) is 11.5 Å². The maximum Gasteiger partial charge on any atom is 0.325 e. The van der Waals surface area contributed by atoms with Crippen molar-refractivity contribution in [1.29, 1.82) is 0 Å². The van der Waals surface area contributed by atoms with E-state index in [0.717, 1.165) is 31.9 Å². The third kappa shape index (κ3) is 3.09. The van der Waals surface area contributed by atoms with E-state index < -0.39 is 0 Å². The highest BCUT2D eigenvalue weighted by Crippen LogP contribution is 2.36. The number of urea groups is 1. The van der Waals surface area contributed by atoms with Crippen LogP contribution in [0.2, 0.25) is 0 Å². The van der Waals surface area contributed by atoms with Crippen molar-refractivity contribution in [3.8, 4) is 11.5 Å². The molecule has 1 aromatic carbocycles. The van der Waals surface area contributed by atoms with Gasteiger partial charge < -0.3 is 24.2 Å². The molecule has 4 rings (SSSR count). The lowest BCUT2D eigenvalue weighted by Gasteiger charge is -2.33. The lowest BCUT2D eigenvalue weighted by Crippen LogP contribution is -2.50. The number of carbonyl (C=O) groups is 2. The monoisotopic (exact) mass is 346 g/mol. The molecule has 0 radical (unpaired) electrons.